The average molecular weight is 260 g/mol. The second-order valence-electron chi connectivity index (χ2n) is 5.62. The number of H-pyrrole nitrogens is 1. The highest BCUT2D eigenvalue weighted by Crippen LogP contribution is 2.27. The van der Waals surface area contributed by atoms with E-state index in [0.29, 0.717) is 6.54 Å². The van der Waals surface area contributed by atoms with Crippen LogP contribution in [-0.2, 0) is 11.3 Å². The number of nitrogens with one attached hydrogen (secondary N) is 1. The van der Waals surface area contributed by atoms with Crippen LogP contribution in [0.15, 0.2) is 24.5 Å². The highest BCUT2D eigenvalue weighted by molar-refractivity contribution is 5.74. The van der Waals surface area contributed by atoms with Crippen molar-refractivity contribution >= 4 is 11.0 Å². The van der Waals surface area contributed by atoms with Gasteiger partial charge in [-0.2, -0.15) is 0 Å². The Morgan fingerprint density at radius 1 is 1.47 bits per heavy atom. The topological polar surface area (TPSA) is 67.2 Å². The number of fused-ring (bicyclic) bond motifs is 1. The van der Waals surface area contributed by atoms with Gasteiger partial charge in [0.05, 0.1) is 30.6 Å². The summed E-state index contributed by atoms with van der Waals surface area (Å²) in [6, 6.07) is 6.34. The van der Waals surface area contributed by atoms with Crippen LogP contribution in [0.4, 0.5) is 0 Å². The Balaban J connectivity index is 1.66. The SMILES string of the molecule is CN(Cc1ccc2nc[nH]c2c1)CC1(CN)COC1. The van der Waals surface area contributed by atoms with Crippen molar-refractivity contribution in [3.63, 3.8) is 0 Å². The molecule has 0 radical (unpaired) electrons. The molecule has 1 aromatic heterocycles. The van der Waals surface area contributed by atoms with E-state index >= 15 is 0 Å². The maximum Gasteiger partial charge on any atom is 0.0931 e. The van der Waals surface area contributed by atoms with Crippen LogP contribution in [0, 0.1) is 5.41 Å². The minimum absolute atomic E-state index is 0.160. The summed E-state index contributed by atoms with van der Waals surface area (Å²) in [5.41, 5.74) is 9.40. The van der Waals surface area contributed by atoms with Gasteiger partial charge in [-0.15, -0.1) is 0 Å². The van der Waals surface area contributed by atoms with Crippen LogP contribution in [0.25, 0.3) is 11.0 Å². The molecule has 19 heavy (non-hydrogen) atoms. The number of imidazole rings is 1. The van der Waals surface area contributed by atoms with Gasteiger partial charge < -0.3 is 20.4 Å². The number of nitrogens with two attached hydrogens (primary N) is 1. The zero-order valence-corrected chi connectivity index (χ0v) is 11.2. The first kappa shape index (κ1) is 12.6. The third-order valence-corrected chi connectivity index (χ3v) is 3.79. The molecule has 1 aromatic carbocycles. The third-order valence-electron chi connectivity index (χ3n) is 3.79. The first-order valence-electron chi connectivity index (χ1n) is 6.59. The fourth-order valence-corrected chi connectivity index (χ4v) is 2.69. The lowest BCUT2D eigenvalue weighted by atomic mass is 9.85. The maximum atomic E-state index is 5.85. The number of rotatable bonds is 5. The highest BCUT2D eigenvalue weighted by atomic mass is 16.5. The summed E-state index contributed by atoms with van der Waals surface area (Å²) >= 11 is 0. The first-order chi connectivity index (χ1) is 9.21. The molecule has 5 heteroatoms. The molecule has 2 aromatic rings. The van der Waals surface area contributed by atoms with E-state index in [-0.39, 0.29) is 5.41 Å². The van der Waals surface area contributed by atoms with Crippen molar-refractivity contribution in [2.75, 3.05) is 33.4 Å². The van der Waals surface area contributed by atoms with Crippen LogP contribution in [-0.4, -0.2) is 48.2 Å². The minimum Gasteiger partial charge on any atom is -0.380 e. The molecule has 0 atom stereocenters. The summed E-state index contributed by atoms with van der Waals surface area (Å²) in [4.78, 5) is 9.69. The Kier molecular flexibility index (Phi) is 3.26. The van der Waals surface area contributed by atoms with E-state index in [4.69, 9.17) is 10.5 Å². The molecule has 5 nitrogen and oxygen atoms in total. The normalized spacial score (nSPS) is 17.8. The molecule has 0 spiro atoms. The molecule has 102 valence electrons. The van der Waals surface area contributed by atoms with Crippen LogP contribution in [0.3, 0.4) is 0 Å². The standard InChI is InChI=1S/C14H20N4O/c1-18(7-14(6-15)8-19-9-14)5-11-2-3-12-13(4-11)17-10-16-12/h2-4,10H,5-9,15H2,1H3,(H,16,17). The molecule has 0 aliphatic carbocycles. The van der Waals surface area contributed by atoms with Gasteiger partial charge in [-0.05, 0) is 24.7 Å². The Labute approximate surface area is 112 Å². The summed E-state index contributed by atoms with van der Waals surface area (Å²) in [5.74, 6) is 0. The van der Waals surface area contributed by atoms with Gasteiger partial charge in [0.15, 0.2) is 0 Å². The van der Waals surface area contributed by atoms with E-state index in [1.54, 1.807) is 6.33 Å². The minimum atomic E-state index is 0.160. The van der Waals surface area contributed by atoms with Crippen LogP contribution >= 0.6 is 0 Å². The number of hydrogen-bond acceptors (Lipinski definition) is 4. The van der Waals surface area contributed by atoms with Crippen molar-refractivity contribution in [3.8, 4) is 0 Å². The number of aromatic nitrogens is 2. The van der Waals surface area contributed by atoms with Crippen LogP contribution in [0.2, 0.25) is 0 Å². The second-order valence-corrected chi connectivity index (χ2v) is 5.62. The molecule has 1 aliphatic heterocycles. The van der Waals surface area contributed by atoms with Gasteiger partial charge >= 0.3 is 0 Å². The van der Waals surface area contributed by atoms with Crippen molar-refractivity contribution in [1.82, 2.24) is 14.9 Å². The first-order valence-corrected chi connectivity index (χ1v) is 6.59. The molecule has 0 unspecified atom stereocenters. The maximum absolute atomic E-state index is 5.85. The molecule has 2 heterocycles. The van der Waals surface area contributed by atoms with E-state index in [0.717, 1.165) is 37.3 Å². The molecule has 0 bridgehead atoms. The Morgan fingerprint density at radius 3 is 3.00 bits per heavy atom. The average Bonchev–Trinajstić information content (AvgIpc) is 2.81. The van der Waals surface area contributed by atoms with Crippen LogP contribution in [0.1, 0.15) is 5.56 Å². The molecule has 1 aliphatic rings. The molecular formula is C14H20N4O. The zero-order valence-electron chi connectivity index (χ0n) is 11.2. The van der Waals surface area contributed by atoms with Gasteiger partial charge in [0.25, 0.3) is 0 Å². The van der Waals surface area contributed by atoms with Gasteiger partial charge in [-0.3, -0.25) is 0 Å². The van der Waals surface area contributed by atoms with Crippen LogP contribution < -0.4 is 5.73 Å². The number of nitrogens with zero attached hydrogens (tertiary/aromatic N) is 2. The van der Waals surface area contributed by atoms with Crippen molar-refractivity contribution in [2.24, 2.45) is 11.1 Å². The van der Waals surface area contributed by atoms with Gasteiger partial charge in [-0.25, -0.2) is 4.98 Å². The quantitative estimate of drug-likeness (QED) is 0.840. The predicted octanol–water partition coefficient (Wildman–Crippen LogP) is 0.970. The lowest BCUT2D eigenvalue weighted by molar-refractivity contribution is -0.118. The fraction of sp³-hybridized carbons (Fsp3) is 0.500. The second kappa shape index (κ2) is 4.92. The van der Waals surface area contributed by atoms with Crippen molar-refractivity contribution < 1.29 is 4.74 Å². The van der Waals surface area contributed by atoms with E-state index < -0.39 is 0 Å². The van der Waals surface area contributed by atoms with Gasteiger partial charge in [0.1, 0.15) is 0 Å². The van der Waals surface area contributed by atoms with E-state index in [1.807, 2.05) is 0 Å². The molecule has 1 saturated heterocycles. The summed E-state index contributed by atoms with van der Waals surface area (Å²) in [6.45, 7) is 4.15. The van der Waals surface area contributed by atoms with Crippen LogP contribution in [0.5, 0.6) is 0 Å². The summed E-state index contributed by atoms with van der Waals surface area (Å²) in [5, 5.41) is 0. The molecule has 0 amide bonds. The van der Waals surface area contributed by atoms with Crippen molar-refractivity contribution in [3.05, 3.63) is 30.1 Å². The molecule has 0 saturated carbocycles. The van der Waals surface area contributed by atoms with Crippen molar-refractivity contribution in [2.45, 2.75) is 6.54 Å². The molecule has 1 fully saturated rings. The number of benzene rings is 1. The lowest BCUT2D eigenvalue weighted by Crippen LogP contribution is -2.54. The van der Waals surface area contributed by atoms with Gasteiger partial charge in [0, 0.05) is 25.0 Å². The van der Waals surface area contributed by atoms with Crippen molar-refractivity contribution in [1.29, 1.82) is 0 Å². The summed E-state index contributed by atoms with van der Waals surface area (Å²) < 4.78 is 5.31. The summed E-state index contributed by atoms with van der Waals surface area (Å²) in [7, 11) is 2.13. The van der Waals surface area contributed by atoms with Gasteiger partial charge in [0.2, 0.25) is 0 Å². The predicted molar refractivity (Wildman–Crippen MR) is 74.7 cm³/mol. The fourth-order valence-electron chi connectivity index (χ4n) is 2.69. The molecule has 3 rings (SSSR count). The largest absolute Gasteiger partial charge is 0.380 e. The third kappa shape index (κ3) is 2.49. The number of hydrogen-bond donors (Lipinski definition) is 2. The summed E-state index contributed by atoms with van der Waals surface area (Å²) in [6.07, 6.45) is 1.73. The highest BCUT2D eigenvalue weighted by Gasteiger charge is 2.38. The van der Waals surface area contributed by atoms with E-state index in [2.05, 4.69) is 40.1 Å². The number of ether oxygens (including phenoxy) is 1. The molecule has 3 N–H and O–H groups in total. The monoisotopic (exact) mass is 260 g/mol. The van der Waals surface area contributed by atoms with Gasteiger partial charge in [-0.1, -0.05) is 6.07 Å². The Bertz CT molecular complexity index is 556. The molecular weight excluding hydrogens is 240 g/mol. The van der Waals surface area contributed by atoms with E-state index in [9.17, 15) is 0 Å². The van der Waals surface area contributed by atoms with E-state index in [1.165, 1.54) is 5.56 Å². The Hall–Kier alpha value is -1.43. The number of aromatic amines is 1. The zero-order chi connectivity index (χ0) is 13.3. The Morgan fingerprint density at radius 2 is 2.32 bits per heavy atom. The lowest BCUT2D eigenvalue weighted by Gasteiger charge is -2.43. The smallest absolute Gasteiger partial charge is 0.0931 e.